The van der Waals surface area contributed by atoms with Gasteiger partial charge in [-0.1, -0.05) is 56.3 Å². The van der Waals surface area contributed by atoms with E-state index in [-0.39, 0.29) is 11.8 Å². The van der Waals surface area contributed by atoms with Crippen LogP contribution in [0.25, 0.3) is 0 Å². The molecule has 0 unspecified atom stereocenters. The number of phenols is 1. The molecule has 0 spiro atoms. The van der Waals surface area contributed by atoms with E-state index >= 15 is 0 Å². The third-order valence-electron chi connectivity index (χ3n) is 5.67. The zero-order valence-corrected chi connectivity index (χ0v) is 15.8. The molecule has 2 aromatic carbocycles. The van der Waals surface area contributed by atoms with Crippen molar-refractivity contribution >= 4 is 5.91 Å². The fraction of sp³-hybridized carbons (Fsp3) is 0.435. The predicted molar refractivity (Wildman–Crippen MR) is 105 cm³/mol. The summed E-state index contributed by atoms with van der Waals surface area (Å²) in [6.45, 7) is 6.02. The molecule has 3 rings (SSSR count). The Morgan fingerprint density at radius 1 is 1.15 bits per heavy atom. The normalized spacial score (nSPS) is 20.0. The SMILES string of the molecule is CC[C@@H](c1cccc(O)c1)[C@@H](C)CN1CCC[C@H](c2ccccc2)C1=O. The largest absolute Gasteiger partial charge is 0.508 e. The number of amides is 1. The van der Waals surface area contributed by atoms with Crippen molar-refractivity contribution in [1.29, 1.82) is 0 Å². The molecule has 3 nitrogen and oxygen atoms in total. The van der Waals surface area contributed by atoms with Crippen LogP contribution in [-0.2, 0) is 4.79 Å². The highest BCUT2D eigenvalue weighted by atomic mass is 16.3. The maximum absolute atomic E-state index is 13.0. The number of carbonyl (C=O) groups is 1. The number of nitrogens with zero attached hydrogens (tertiary/aromatic N) is 1. The second kappa shape index (κ2) is 8.39. The van der Waals surface area contributed by atoms with Crippen molar-refractivity contribution in [2.45, 2.75) is 44.9 Å². The molecule has 0 aromatic heterocycles. The van der Waals surface area contributed by atoms with Crippen molar-refractivity contribution in [2.24, 2.45) is 5.92 Å². The van der Waals surface area contributed by atoms with Crippen LogP contribution >= 0.6 is 0 Å². The Kier molecular flexibility index (Phi) is 5.97. The van der Waals surface area contributed by atoms with Gasteiger partial charge in [-0.2, -0.15) is 0 Å². The lowest BCUT2D eigenvalue weighted by Gasteiger charge is -2.36. The average molecular weight is 351 g/mol. The number of likely N-dealkylation sites (tertiary alicyclic amines) is 1. The van der Waals surface area contributed by atoms with Crippen molar-refractivity contribution in [2.75, 3.05) is 13.1 Å². The van der Waals surface area contributed by atoms with Gasteiger partial charge in [0.25, 0.3) is 0 Å². The lowest BCUT2D eigenvalue weighted by Crippen LogP contribution is -2.43. The summed E-state index contributed by atoms with van der Waals surface area (Å²) in [4.78, 5) is 15.1. The highest BCUT2D eigenvalue weighted by Crippen LogP contribution is 2.33. The van der Waals surface area contributed by atoms with E-state index in [9.17, 15) is 9.90 Å². The smallest absolute Gasteiger partial charge is 0.230 e. The first kappa shape index (κ1) is 18.5. The van der Waals surface area contributed by atoms with E-state index in [1.807, 2.05) is 30.3 Å². The van der Waals surface area contributed by atoms with Crippen LogP contribution in [0.15, 0.2) is 54.6 Å². The van der Waals surface area contributed by atoms with Gasteiger partial charge in [0.1, 0.15) is 5.75 Å². The maximum Gasteiger partial charge on any atom is 0.230 e. The fourth-order valence-electron chi connectivity index (χ4n) is 4.31. The molecule has 2 aromatic rings. The first-order valence-corrected chi connectivity index (χ1v) is 9.72. The van der Waals surface area contributed by atoms with Gasteiger partial charge in [0, 0.05) is 13.1 Å². The Labute approximate surface area is 156 Å². The van der Waals surface area contributed by atoms with Gasteiger partial charge in [0.2, 0.25) is 5.91 Å². The van der Waals surface area contributed by atoms with Crippen LogP contribution < -0.4 is 0 Å². The Morgan fingerprint density at radius 3 is 2.62 bits per heavy atom. The Hall–Kier alpha value is -2.29. The van der Waals surface area contributed by atoms with Gasteiger partial charge >= 0.3 is 0 Å². The van der Waals surface area contributed by atoms with E-state index in [2.05, 4.69) is 36.9 Å². The second-order valence-electron chi connectivity index (χ2n) is 7.48. The van der Waals surface area contributed by atoms with E-state index in [4.69, 9.17) is 0 Å². The van der Waals surface area contributed by atoms with Crippen LogP contribution in [0.4, 0.5) is 0 Å². The number of phenolic OH excluding ortho intramolecular Hbond substituents is 1. The lowest BCUT2D eigenvalue weighted by molar-refractivity contribution is -0.136. The van der Waals surface area contributed by atoms with Crippen LogP contribution in [-0.4, -0.2) is 29.0 Å². The van der Waals surface area contributed by atoms with Crippen LogP contribution in [0.1, 0.15) is 56.1 Å². The van der Waals surface area contributed by atoms with E-state index in [0.717, 1.165) is 43.5 Å². The van der Waals surface area contributed by atoms with Crippen LogP contribution in [0.5, 0.6) is 5.75 Å². The van der Waals surface area contributed by atoms with E-state index in [1.54, 1.807) is 6.07 Å². The molecule has 1 heterocycles. The van der Waals surface area contributed by atoms with Crippen LogP contribution in [0.3, 0.4) is 0 Å². The van der Waals surface area contributed by atoms with Crippen molar-refractivity contribution < 1.29 is 9.90 Å². The first-order chi connectivity index (χ1) is 12.6. The molecular weight excluding hydrogens is 322 g/mol. The number of piperidine rings is 1. The van der Waals surface area contributed by atoms with Gasteiger partial charge in [-0.15, -0.1) is 0 Å². The van der Waals surface area contributed by atoms with Gasteiger partial charge in [0.15, 0.2) is 0 Å². The molecule has 1 aliphatic rings. The van der Waals surface area contributed by atoms with E-state index in [1.165, 1.54) is 0 Å². The van der Waals surface area contributed by atoms with Gasteiger partial charge in [0.05, 0.1) is 5.92 Å². The van der Waals surface area contributed by atoms with Crippen LogP contribution in [0, 0.1) is 5.92 Å². The predicted octanol–water partition coefficient (Wildman–Crippen LogP) is 4.93. The molecule has 0 bridgehead atoms. The zero-order chi connectivity index (χ0) is 18.5. The highest BCUT2D eigenvalue weighted by Gasteiger charge is 2.31. The van der Waals surface area contributed by atoms with Crippen molar-refractivity contribution in [3.8, 4) is 5.75 Å². The summed E-state index contributed by atoms with van der Waals surface area (Å²) >= 11 is 0. The topological polar surface area (TPSA) is 40.5 Å². The fourth-order valence-corrected chi connectivity index (χ4v) is 4.31. The quantitative estimate of drug-likeness (QED) is 0.802. The molecule has 1 N–H and O–H groups in total. The number of aromatic hydroxyl groups is 1. The van der Waals surface area contributed by atoms with E-state index in [0.29, 0.717) is 17.6 Å². The minimum atomic E-state index is -0.00186. The number of carbonyl (C=O) groups excluding carboxylic acids is 1. The highest BCUT2D eigenvalue weighted by molar-refractivity contribution is 5.84. The summed E-state index contributed by atoms with van der Waals surface area (Å²) in [5.41, 5.74) is 2.29. The lowest BCUT2D eigenvalue weighted by atomic mass is 9.83. The number of hydrogen-bond acceptors (Lipinski definition) is 2. The van der Waals surface area contributed by atoms with Gasteiger partial charge in [-0.05, 0) is 54.4 Å². The summed E-state index contributed by atoms with van der Waals surface area (Å²) < 4.78 is 0. The summed E-state index contributed by atoms with van der Waals surface area (Å²) in [5, 5.41) is 9.80. The molecule has 138 valence electrons. The standard InChI is InChI=1S/C23H29NO2/c1-3-21(19-11-7-12-20(25)15-19)17(2)16-24-14-8-13-22(23(24)26)18-9-5-4-6-10-18/h4-7,9-12,15,17,21-22,25H,3,8,13-14,16H2,1-2H3/t17-,21+,22+/m0/s1. The monoisotopic (exact) mass is 351 g/mol. The Balaban J connectivity index is 1.71. The minimum absolute atomic E-state index is 0.00186. The summed E-state index contributed by atoms with van der Waals surface area (Å²) in [6.07, 6.45) is 2.99. The minimum Gasteiger partial charge on any atom is -0.508 e. The number of rotatable bonds is 6. The molecule has 26 heavy (non-hydrogen) atoms. The van der Waals surface area contributed by atoms with Crippen molar-refractivity contribution in [1.82, 2.24) is 4.90 Å². The summed E-state index contributed by atoms with van der Waals surface area (Å²) in [7, 11) is 0. The maximum atomic E-state index is 13.0. The molecule has 3 heteroatoms. The van der Waals surface area contributed by atoms with Crippen molar-refractivity contribution in [3.05, 3.63) is 65.7 Å². The Bertz CT molecular complexity index is 728. The molecule has 0 saturated carbocycles. The third-order valence-corrected chi connectivity index (χ3v) is 5.67. The summed E-state index contributed by atoms with van der Waals surface area (Å²) in [6, 6.07) is 17.7. The summed E-state index contributed by atoms with van der Waals surface area (Å²) in [5.74, 6) is 1.26. The van der Waals surface area contributed by atoms with Crippen LogP contribution in [0.2, 0.25) is 0 Å². The molecule has 0 aliphatic carbocycles. The molecule has 0 radical (unpaired) electrons. The molecule has 3 atom stereocenters. The molecule has 1 aliphatic heterocycles. The number of hydrogen-bond donors (Lipinski definition) is 1. The first-order valence-electron chi connectivity index (χ1n) is 9.72. The molecule has 1 saturated heterocycles. The third kappa shape index (κ3) is 4.09. The van der Waals surface area contributed by atoms with Crippen molar-refractivity contribution in [3.63, 3.8) is 0 Å². The van der Waals surface area contributed by atoms with Gasteiger partial charge in [-0.3, -0.25) is 4.79 Å². The molecule has 1 amide bonds. The van der Waals surface area contributed by atoms with Gasteiger partial charge < -0.3 is 10.0 Å². The Morgan fingerprint density at radius 2 is 1.92 bits per heavy atom. The van der Waals surface area contributed by atoms with E-state index < -0.39 is 0 Å². The number of benzene rings is 2. The molecular formula is C23H29NO2. The second-order valence-corrected chi connectivity index (χ2v) is 7.48. The van der Waals surface area contributed by atoms with Gasteiger partial charge in [-0.25, -0.2) is 0 Å². The zero-order valence-electron chi connectivity index (χ0n) is 15.8. The molecule has 1 fully saturated rings. The average Bonchev–Trinajstić information content (AvgIpc) is 2.65.